The van der Waals surface area contributed by atoms with Gasteiger partial charge in [-0.2, -0.15) is 0 Å². The molecule has 0 bridgehead atoms. The second-order valence-electron chi connectivity index (χ2n) is 4.55. The van der Waals surface area contributed by atoms with Gasteiger partial charge in [0.25, 0.3) is 0 Å². The summed E-state index contributed by atoms with van der Waals surface area (Å²) in [5, 5.41) is 0. The van der Waals surface area contributed by atoms with E-state index in [-0.39, 0.29) is 0 Å². The third kappa shape index (κ3) is 2.15. The van der Waals surface area contributed by atoms with E-state index in [2.05, 4.69) is 21.7 Å². The zero-order valence-electron chi connectivity index (χ0n) is 9.85. The minimum atomic E-state index is 0.646. The first-order chi connectivity index (χ1) is 8.36. The quantitative estimate of drug-likeness (QED) is 0.904. The smallest absolute Gasteiger partial charge is 0.0955 e. The number of aryl methyl sites for hydroxylation is 1. The number of nitrogens with two attached hydrogens (primary N) is 1. The fourth-order valence-corrected chi connectivity index (χ4v) is 3.35. The summed E-state index contributed by atoms with van der Waals surface area (Å²) in [6, 6.07) is 4.31. The lowest BCUT2D eigenvalue weighted by atomic mass is 10.0. The zero-order chi connectivity index (χ0) is 11.7. The molecule has 90 valence electrons. The molecular weight excluding hydrogens is 230 g/mol. The summed E-state index contributed by atoms with van der Waals surface area (Å²) in [4.78, 5) is 7.15. The molecule has 1 aliphatic rings. The van der Waals surface area contributed by atoms with Crippen LogP contribution in [-0.4, -0.2) is 9.55 Å². The average Bonchev–Trinajstić information content (AvgIpc) is 2.97. The fourth-order valence-electron chi connectivity index (χ4n) is 2.45. The van der Waals surface area contributed by atoms with Gasteiger partial charge >= 0.3 is 0 Å². The maximum atomic E-state index is 5.64. The van der Waals surface area contributed by atoms with Crippen molar-refractivity contribution in [3.63, 3.8) is 0 Å². The van der Waals surface area contributed by atoms with Crippen LogP contribution in [-0.2, 0) is 25.9 Å². The van der Waals surface area contributed by atoms with Crippen molar-refractivity contribution in [2.75, 3.05) is 0 Å². The highest BCUT2D eigenvalue weighted by Gasteiger charge is 2.15. The van der Waals surface area contributed by atoms with E-state index >= 15 is 0 Å². The van der Waals surface area contributed by atoms with Gasteiger partial charge in [0, 0.05) is 22.0 Å². The molecule has 0 amide bonds. The van der Waals surface area contributed by atoms with Crippen molar-refractivity contribution in [3.05, 3.63) is 39.6 Å². The molecule has 2 heterocycles. The first-order valence-corrected chi connectivity index (χ1v) is 6.99. The molecule has 17 heavy (non-hydrogen) atoms. The number of imidazole rings is 1. The molecule has 1 aliphatic carbocycles. The fraction of sp³-hybridized carbons (Fsp3) is 0.462. The summed E-state index contributed by atoms with van der Waals surface area (Å²) < 4.78 is 2.31. The van der Waals surface area contributed by atoms with Gasteiger partial charge in [-0.1, -0.05) is 0 Å². The number of thiophene rings is 1. The lowest BCUT2D eigenvalue weighted by Crippen LogP contribution is -2.08. The van der Waals surface area contributed by atoms with Crippen LogP contribution in [0.25, 0.3) is 0 Å². The number of fused-ring (bicyclic) bond motifs is 1. The minimum absolute atomic E-state index is 0.646. The monoisotopic (exact) mass is 247 g/mol. The normalized spacial score (nSPS) is 14.9. The molecule has 0 radical (unpaired) electrons. The van der Waals surface area contributed by atoms with Gasteiger partial charge in [-0.15, -0.1) is 11.3 Å². The molecule has 3 nitrogen and oxygen atoms in total. The SMILES string of the molecule is NCc1ccc(Cn2cnc3c2CCCC3)s1. The summed E-state index contributed by atoms with van der Waals surface area (Å²) in [7, 11) is 0. The van der Waals surface area contributed by atoms with Crippen LogP contribution >= 0.6 is 11.3 Å². The first kappa shape index (κ1) is 11.0. The Morgan fingerprint density at radius 3 is 2.88 bits per heavy atom. The number of nitrogens with zero attached hydrogens (tertiary/aromatic N) is 2. The first-order valence-electron chi connectivity index (χ1n) is 6.17. The minimum Gasteiger partial charge on any atom is -0.329 e. The summed E-state index contributed by atoms with van der Waals surface area (Å²) in [6.07, 6.45) is 6.93. The van der Waals surface area contributed by atoms with Crippen molar-refractivity contribution >= 4 is 11.3 Å². The van der Waals surface area contributed by atoms with Gasteiger partial charge in [-0.3, -0.25) is 0 Å². The van der Waals surface area contributed by atoms with E-state index in [0.717, 1.165) is 13.0 Å². The van der Waals surface area contributed by atoms with Crippen LogP contribution in [0.3, 0.4) is 0 Å². The third-order valence-electron chi connectivity index (χ3n) is 3.35. The maximum absolute atomic E-state index is 5.64. The van der Waals surface area contributed by atoms with Crippen molar-refractivity contribution in [2.45, 2.75) is 38.8 Å². The number of aromatic nitrogens is 2. The van der Waals surface area contributed by atoms with Gasteiger partial charge in [-0.05, 0) is 37.8 Å². The van der Waals surface area contributed by atoms with Crippen molar-refractivity contribution in [3.8, 4) is 0 Å². The number of rotatable bonds is 3. The van der Waals surface area contributed by atoms with Crippen LogP contribution in [0.2, 0.25) is 0 Å². The molecule has 4 heteroatoms. The van der Waals surface area contributed by atoms with Gasteiger partial charge in [0.05, 0.1) is 18.6 Å². The average molecular weight is 247 g/mol. The van der Waals surface area contributed by atoms with Crippen molar-refractivity contribution < 1.29 is 0 Å². The summed E-state index contributed by atoms with van der Waals surface area (Å²) in [5.41, 5.74) is 8.39. The molecule has 0 saturated carbocycles. The highest BCUT2D eigenvalue weighted by molar-refractivity contribution is 7.11. The van der Waals surface area contributed by atoms with Crippen LogP contribution in [0.15, 0.2) is 18.5 Å². The van der Waals surface area contributed by atoms with Crippen LogP contribution in [0.1, 0.15) is 34.0 Å². The molecule has 0 spiro atoms. The molecule has 0 unspecified atom stereocenters. The molecule has 0 fully saturated rings. The van der Waals surface area contributed by atoms with Crippen molar-refractivity contribution in [1.82, 2.24) is 9.55 Å². The molecule has 0 aliphatic heterocycles. The predicted molar refractivity (Wildman–Crippen MR) is 70.2 cm³/mol. The maximum Gasteiger partial charge on any atom is 0.0955 e. The molecule has 2 aromatic heterocycles. The Hall–Kier alpha value is -1.13. The zero-order valence-corrected chi connectivity index (χ0v) is 10.7. The van der Waals surface area contributed by atoms with Gasteiger partial charge in [0.15, 0.2) is 0 Å². The van der Waals surface area contributed by atoms with Crippen molar-refractivity contribution in [2.24, 2.45) is 5.73 Å². The van der Waals surface area contributed by atoms with Crippen LogP contribution in [0.5, 0.6) is 0 Å². The molecular formula is C13H17N3S. The van der Waals surface area contributed by atoms with Gasteiger partial charge in [0.2, 0.25) is 0 Å². The van der Waals surface area contributed by atoms with Crippen molar-refractivity contribution in [1.29, 1.82) is 0 Å². The standard InChI is InChI=1S/C13H17N3S/c14-7-10-5-6-11(17-10)8-16-9-15-12-3-1-2-4-13(12)16/h5-6,9H,1-4,7-8,14H2. The van der Waals surface area contributed by atoms with Crippen LogP contribution in [0, 0.1) is 0 Å². The highest BCUT2D eigenvalue weighted by atomic mass is 32.1. The van der Waals surface area contributed by atoms with Gasteiger partial charge in [-0.25, -0.2) is 4.98 Å². The summed E-state index contributed by atoms with van der Waals surface area (Å²) >= 11 is 1.81. The lowest BCUT2D eigenvalue weighted by molar-refractivity contribution is 0.630. The van der Waals surface area contributed by atoms with E-state index in [9.17, 15) is 0 Å². The second kappa shape index (κ2) is 4.63. The molecule has 2 N–H and O–H groups in total. The predicted octanol–water partition coefficient (Wildman–Crippen LogP) is 2.33. The molecule has 0 aromatic carbocycles. The largest absolute Gasteiger partial charge is 0.329 e. The Labute approximate surface area is 105 Å². The topological polar surface area (TPSA) is 43.8 Å². The molecule has 0 atom stereocenters. The number of hydrogen-bond acceptors (Lipinski definition) is 3. The van der Waals surface area contributed by atoms with Crippen LogP contribution in [0.4, 0.5) is 0 Å². The Kier molecular flexibility index (Phi) is 2.99. The lowest BCUT2D eigenvalue weighted by Gasteiger charge is -2.13. The van der Waals surface area contributed by atoms with E-state index in [1.807, 2.05) is 17.7 Å². The Bertz CT molecular complexity index is 512. The Balaban J connectivity index is 1.82. The Morgan fingerprint density at radius 1 is 1.24 bits per heavy atom. The molecule has 3 rings (SSSR count). The summed E-state index contributed by atoms with van der Waals surface area (Å²) in [6.45, 7) is 1.60. The molecule has 2 aromatic rings. The molecule has 0 saturated heterocycles. The van der Waals surface area contributed by atoms with Crippen LogP contribution < -0.4 is 5.73 Å². The van der Waals surface area contributed by atoms with E-state index in [4.69, 9.17) is 5.73 Å². The van der Waals surface area contributed by atoms with Gasteiger partial charge in [0.1, 0.15) is 0 Å². The summed E-state index contributed by atoms with van der Waals surface area (Å²) in [5.74, 6) is 0. The van der Waals surface area contributed by atoms with E-state index in [0.29, 0.717) is 6.54 Å². The second-order valence-corrected chi connectivity index (χ2v) is 5.80. The number of hydrogen-bond donors (Lipinski definition) is 1. The Morgan fingerprint density at radius 2 is 2.06 bits per heavy atom. The van der Waals surface area contributed by atoms with E-state index < -0.39 is 0 Å². The van der Waals surface area contributed by atoms with Gasteiger partial charge < -0.3 is 10.3 Å². The highest BCUT2D eigenvalue weighted by Crippen LogP contribution is 2.23. The van der Waals surface area contributed by atoms with E-state index in [1.165, 1.54) is 40.4 Å². The van der Waals surface area contributed by atoms with E-state index in [1.54, 1.807) is 0 Å². The third-order valence-corrected chi connectivity index (χ3v) is 4.45.